The number of aromatic nitrogens is 4. The van der Waals surface area contributed by atoms with Gasteiger partial charge in [0.15, 0.2) is 0 Å². The van der Waals surface area contributed by atoms with Crippen molar-refractivity contribution in [2.45, 2.75) is 38.3 Å². The van der Waals surface area contributed by atoms with Gasteiger partial charge in [-0.1, -0.05) is 5.16 Å². The maximum Gasteiger partial charge on any atom is 0.244 e. The molecule has 1 saturated carbocycles. The number of nitrogens with one attached hydrogen (secondary N) is 1. The van der Waals surface area contributed by atoms with Crippen LogP contribution in [-0.4, -0.2) is 26.7 Å². The van der Waals surface area contributed by atoms with E-state index < -0.39 is 0 Å². The summed E-state index contributed by atoms with van der Waals surface area (Å²) in [5, 5.41) is 4.03. The molecule has 2 atom stereocenters. The van der Waals surface area contributed by atoms with Crippen molar-refractivity contribution >= 4 is 0 Å². The Balaban J connectivity index is 1.68. The molecule has 2 aromatic heterocycles. The first-order valence-electron chi connectivity index (χ1n) is 6.96. The van der Waals surface area contributed by atoms with Crippen LogP contribution in [-0.2, 0) is 11.2 Å². The van der Waals surface area contributed by atoms with Gasteiger partial charge in [-0.3, -0.25) is 0 Å². The van der Waals surface area contributed by atoms with Crippen LogP contribution in [0.15, 0.2) is 17.0 Å². The lowest BCUT2D eigenvalue weighted by atomic mass is 10.2. The monoisotopic (exact) mass is 277 g/mol. The van der Waals surface area contributed by atoms with Crippen molar-refractivity contribution in [3.05, 3.63) is 29.9 Å². The third kappa shape index (κ3) is 2.88. The van der Waals surface area contributed by atoms with Crippen LogP contribution in [0.4, 0.5) is 0 Å². The molecule has 0 amide bonds. The van der Waals surface area contributed by atoms with Crippen molar-refractivity contribution < 1.29 is 9.26 Å². The standard InChI is InChI=1S/C13H19N5O2/c1-2-19-11(8-3-4-8)12-17-13(20-18-12)10(14)5-9-6-15-7-16-9/h6-8,10-11H,2-5,14H2,1H3,(H,15,16). The largest absolute Gasteiger partial charge is 0.370 e. The number of ether oxygens (including phenoxy) is 1. The molecule has 7 nitrogen and oxygen atoms in total. The van der Waals surface area contributed by atoms with E-state index in [9.17, 15) is 0 Å². The molecule has 0 bridgehead atoms. The number of nitrogens with zero attached hydrogens (tertiary/aromatic N) is 3. The fraction of sp³-hybridized carbons (Fsp3) is 0.615. The van der Waals surface area contributed by atoms with Gasteiger partial charge in [0, 0.05) is 24.9 Å². The SMILES string of the molecule is CCOC(c1noc(C(N)Cc2cnc[nH]2)n1)C1CC1. The minimum Gasteiger partial charge on any atom is -0.370 e. The number of nitrogens with two attached hydrogens (primary N) is 1. The van der Waals surface area contributed by atoms with Crippen LogP contribution in [0.1, 0.15) is 49.3 Å². The highest BCUT2D eigenvalue weighted by molar-refractivity contribution is 5.04. The maximum atomic E-state index is 6.08. The van der Waals surface area contributed by atoms with Crippen molar-refractivity contribution in [1.82, 2.24) is 20.1 Å². The van der Waals surface area contributed by atoms with Gasteiger partial charge in [0.25, 0.3) is 0 Å². The van der Waals surface area contributed by atoms with E-state index in [1.807, 2.05) is 6.92 Å². The predicted octanol–water partition coefficient (Wildman–Crippen LogP) is 1.52. The highest BCUT2D eigenvalue weighted by atomic mass is 16.5. The molecule has 0 spiro atoms. The van der Waals surface area contributed by atoms with Crippen LogP contribution in [0.3, 0.4) is 0 Å². The molecule has 1 aliphatic rings. The number of hydrogen-bond donors (Lipinski definition) is 2. The van der Waals surface area contributed by atoms with Gasteiger partial charge >= 0.3 is 0 Å². The summed E-state index contributed by atoms with van der Waals surface area (Å²) >= 11 is 0. The van der Waals surface area contributed by atoms with E-state index in [2.05, 4.69) is 20.1 Å². The summed E-state index contributed by atoms with van der Waals surface area (Å²) in [6, 6.07) is -0.335. The van der Waals surface area contributed by atoms with Crippen LogP contribution in [0.5, 0.6) is 0 Å². The predicted molar refractivity (Wildman–Crippen MR) is 70.6 cm³/mol. The lowest BCUT2D eigenvalue weighted by molar-refractivity contribution is 0.0384. The van der Waals surface area contributed by atoms with Gasteiger partial charge in [0.2, 0.25) is 11.7 Å². The first-order valence-corrected chi connectivity index (χ1v) is 6.96. The zero-order valence-corrected chi connectivity index (χ0v) is 11.5. The van der Waals surface area contributed by atoms with Crippen LogP contribution in [0.2, 0.25) is 0 Å². The van der Waals surface area contributed by atoms with E-state index in [-0.39, 0.29) is 12.1 Å². The van der Waals surface area contributed by atoms with E-state index in [1.165, 1.54) is 0 Å². The second-order valence-electron chi connectivity index (χ2n) is 5.09. The van der Waals surface area contributed by atoms with Gasteiger partial charge in [-0.05, 0) is 25.7 Å². The number of H-pyrrole nitrogens is 1. The van der Waals surface area contributed by atoms with E-state index in [0.717, 1.165) is 18.5 Å². The van der Waals surface area contributed by atoms with Gasteiger partial charge in [0.1, 0.15) is 6.10 Å². The average Bonchev–Trinajstić information content (AvgIpc) is 2.94. The van der Waals surface area contributed by atoms with E-state index in [0.29, 0.717) is 30.7 Å². The molecule has 7 heteroatoms. The molecule has 3 rings (SSSR count). The Bertz CT molecular complexity index is 535. The molecule has 3 N–H and O–H groups in total. The Labute approximate surface area is 116 Å². The molecule has 108 valence electrons. The Kier molecular flexibility index (Phi) is 3.79. The smallest absolute Gasteiger partial charge is 0.244 e. The molecule has 0 aromatic carbocycles. The quantitative estimate of drug-likeness (QED) is 0.795. The van der Waals surface area contributed by atoms with Crippen LogP contribution in [0.25, 0.3) is 0 Å². The number of imidazole rings is 1. The van der Waals surface area contributed by atoms with E-state index in [4.69, 9.17) is 15.0 Å². The summed E-state index contributed by atoms with van der Waals surface area (Å²) in [5.41, 5.74) is 7.03. The first-order chi connectivity index (χ1) is 9.78. The average molecular weight is 277 g/mol. The molecule has 20 heavy (non-hydrogen) atoms. The number of aromatic amines is 1. The topological polar surface area (TPSA) is 103 Å². The maximum absolute atomic E-state index is 6.08. The molecule has 1 fully saturated rings. The van der Waals surface area contributed by atoms with E-state index in [1.54, 1.807) is 12.5 Å². The molecule has 2 unspecified atom stereocenters. The number of rotatable bonds is 7. The Hall–Kier alpha value is -1.73. The molecular formula is C13H19N5O2. The van der Waals surface area contributed by atoms with Crippen molar-refractivity contribution in [3.8, 4) is 0 Å². The summed E-state index contributed by atoms with van der Waals surface area (Å²) in [4.78, 5) is 11.4. The highest BCUT2D eigenvalue weighted by Gasteiger charge is 2.36. The van der Waals surface area contributed by atoms with Gasteiger partial charge < -0.3 is 20.0 Å². The second-order valence-corrected chi connectivity index (χ2v) is 5.09. The molecular weight excluding hydrogens is 258 g/mol. The minimum atomic E-state index is -0.335. The van der Waals surface area contributed by atoms with Gasteiger partial charge in [-0.15, -0.1) is 0 Å². The summed E-state index contributed by atoms with van der Waals surface area (Å²) < 4.78 is 11.0. The molecule has 0 radical (unpaired) electrons. The lowest BCUT2D eigenvalue weighted by Gasteiger charge is -2.11. The normalized spacial score (nSPS) is 18.1. The summed E-state index contributed by atoms with van der Waals surface area (Å²) in [6.45, 7) is 2.62. The zero-order chi connectivity index (χ0) is 13.9. The molecule has 2 aromatic rings. The fourth-order valence-corrected chi connectivity index (χ4v) is 2.23. The summed E-state index contributed by atoms with van der Waals surface area (Å²) in [7, 11) is 0. The summed E-state index contributed by atoms with van der Waals surface area (Å²) in [5.74, 6) is 1.58. The van der Waals surface area contributed by atoms with Crippen molar-refractivity contribution in [1.29, 1.82) is 0 Å². The van der Waals surface area contributed by atoms with Gasteiger partial charge in [0.05, 0.1) is 12.4 Å². The molecule has 0 aliphatic heterocycles. The Morgan fingerprint density at radius 3 is 3.05 bits per heavy atom. The van der Waals surface area contributed by atoms with E-state index >= 15 is 0 Å². The lowest BCUT2D eigenvalue weighted by Crippen LogP contribution is -2.15. The van der Waals surface area contributed by atoms with Gasteiger partial charge in [-0.2, -0.15) is 4.98 Å². The highest BCUT2D eigenvalue weighted by Crippen LogP contribution is 2.42. The minimum absolute atomic E-state index is 0.0585. The second kappa shape index (κ2) is 5.72. The third-order valence-electron chi connectivity index (χ3n) is 3.42. The van der Waals surface area contributed by atoms with Crippen LogP contribution < -0.4 is 5.73 Å². The van der Waals surface area contributed by atoms with Gasteiger partial charge in [-0.25, -0.2) is 4.98 Å². The van der Waals surface area contributed by atoms with Crippen molar-refractivity contribution in [2.24, 2.45) is 11.7 Å². The zero-order valence-electron chi connectivity index (χ0n) is 11.5. The number of hydrogen-bond acceptors (Lipinski definition) is 6. The molecule has 0 saturated heterocycles. The molecule has 1 aliphatic carbocycles. The third-order valence-corrected chi connectivity index (χ3v) is 3.42. The fourth-order valence-electron chi connectivity index (χ4n) is 2.23. The van der Waals surface area contributed by atoms with Crippen LogP contribution in [0, 0.1) is 5.92 Å². The van der Waals surface area contributed by atoms with Crippen molar-refractivity contribution in [2.75, 3.05) is 6.61 Å². The Morgan fingerprint density at radius 1 is 1.55 bits per heavy atom. The summed E-state index contributed by atoms with van der Waals surface area (Å²) in [6.07, 6.45) is 6.22. The Morgan fingerprint density at radius 2 is 2.40 bits per heavy atom. The molecule has 2 heterocycles. The van der Waals surface area contributed by atoms with Crippen LogP contribution >= 0.6 is 0 Å². The van der Waals surface area contributed by atoms with Crippen molar-refractivity contribution in [3.63, 3.8) is 0 Å². The first kappa shape index (κ1) is 13.3.